The highest BCUT2D eigenvalue weighted by molar-refractivity contribution is 7.91. The van der Waals surface area contributed by atoms with E-state index in [1.807, 2.05) is 13.8 Å². The predicted molar refractivity (Wildman–Crippen MR) is 80.5 cm³/mol. The average Bonchev–Trinajstić information content (AvgIpc) is 2.36. The molecule has 1 N–H and O–H groups in total. The standard InChI is InChI=1S/C15H22O5S/c1-4-21(17,18)8-7-19-11-5-6-12-13(16)10-15(2,3)20-14(12)9-11/h5-6,9,13,16H,4,7-8,10H2,1-3H3. The number of ether oxygens (including phenoxy) is 2. The van der Waals surface area contributed by atoms with Gasteiger partial charge in [-0.3, -0.25) is 0 Å². The lowest BCUT2D eigenvalue weighted by atomic mass is 9.92. The molecule has 118 valence electrons. The lowest BCUT2D eigenvalue weighted by Gasteiger charge is -2.35. The summed E-state index contributed by atoms with van der Waals surface area (Å²) in [6.45, 7) is 5.56. The van der Waals surface area contributed by atoms with E-state index in [0.717, 1.165) is 5.56 Å². The summed E-state index contributed by atoms with van der Waals surface area (Å²) in [7, 11) is -3.03. The number of hydrogen-bond acceptors (Lipinski definition) is 5. The van der Waals surface area contributed by atoms with Crippen LogP contribution in [0.2, 0.25) is 0 Å². The van der Waals surface area contributed by atoms with Crippen LogP contribution in [-0.2, 0) is 9.84 Å². The minimum absolute atomic E-state index is 0.00440. The molecule has 0 spiro atoms. The maximum absolute atomic E-state index is 11.4. The van der Waals surface area contributed by atoms with Crippen molar-refractivity contribution >= 4 is 9.84 Å². The summed E-state index contributed by atoms with van der Waals surface area (Å²) in [4.78, 5) is 0. The van der Waals surface area contributed by atoms with Crippen LogP contribution in [-0.4, -0.2) is 37.2 Å². The second kappa shape index (κ2) is 5.85. The Balaban J connectivity index is 2.07. The smallest absolute Gasteiger partial charge is 0.153 e. The Morgan fingerprint density at radius 3 is 2.81 bits per heavy atom. The molecule has 21 heavy (non-hydrogen) atoms. The lowest BCUT2D eigenvalue weighted by molar-refractivity contribution is 0.0113. The molecule has 0 bridgehead atoms. The number of benzene rings is 1. The Bertz CT molecular complexity index is 606. The van der Waals surface area contributed by atoms with Crippen LogP contribution in [0.3, 0.4) is 0 Å². The normalized spacial score (nSPS) is 20.5. The maximum atomic E-state index is 11.4. The number of aliphatic hydroxyl groups excluding tert-OH is 1. The van der Waals surface area contributed by atoms with E-state index < -0.39 is 21.5 Å². The van der Waals surface area contributed by atoms with Crippen molar-refractivity contribution in [2.75, 3.05) is 18.1 Å². The maximum Gasteiger partial charge on any atom is 0.153 e. The van der Waals surface area contributed by atoms with Crippen LogP contribution >= 0.6 is 0 Å². The molecule has 0 saturated heterocycles. The van der Waals surface area contributed by atoms with Gasteiger partial charge >= 0.3 is 0 Å². The van der Waals surface area contributed by atoms with Gasteiger partial charge in [0.1, 0.15) is 23.7 Å². The first-order valence-corrected chi connectivity index (χ1v) is 8.89. The van der Waals surface area contributed by atoms with Gasteiger partial charge in [0.2, 0.25) is 0 Å². The fourth-order valence-electron chi connectivity index (χ4n) is 2.31. The summed E-state index contributed by atoms with van der Waals surface area (Å²) >= 11 is 0. The van der Waals surface area contributed by atoms with Gasteiger partial charge in [0.25, 0.3) is 0 Å². The summed E-state index contributed by atoms with van der Waals surface area (Å²) in [6, 6.07) is 5.19. The van der Waals surface area contributed by atoms with Gasteiger partial charge in [0.15, 0.2) is 9.84 Å². The van der Waals surface area contributed by atoms with Crippen molar-refractivity contribution in [3.05, 3.63) is 23.8 Å². The number of hydrogen-bond donors (Lipinski definition) is 1. The largest absolute Gasteiger partial charge is 0.492 e. The molecule has 0 aromatic heterocycles. The van der Waals surface area contributed by atoms with Crippen LogP contribution < -0.4 is 9.47 Å². The Morgan fingerprint density at radius 1 is 1.43 bits per heavy atom. The molecule has 1 unspecified atom stereocenters. The van der Waals surface area contributed by atoms with Crippen LogP contribution in [0.4, 0.5) is 0 Å². The molecule has 1 aliphatic rings. The quantitative estimate of drug-likeness (QED) is 0.901. The zero-order valence-electron chi connectivity index (χ0n) is 12.6. The molecule has 0 aliphatic carbocycles. The molecule has 0 fully saturated rings. The zero-order chi connectivity index (χ0) is 15.7. The van der Waals surface area contributed by atoms with E-state index >= 15 is 0 Å². The predicted octanol–water partition coefficient (Wildman–Crippen LogP) is 2.09. The van der Waals surface area contributed by atoms with Crippen LogP contribution in [0.25, 0.3) is 0 Å². The highest BCUT2D eigenvalue weighted by atomic mass is 32.2. The van der Waals surface area contributed by atoms with Gasteiger partial charge in [-0.15, -0.1) is 0 Å². The summed E-state index contributed by atoms with van der Waals surface area (Å²) in [5.41, 5.74) is 0.305. The van der Waals surface area contributed by atoms with E-state index in [-0.39, 0.29) is 18.1 Å². The molecular formula is C15H22O5S. The monoisotopic (exact) mass is 314 g/mol. The van der Waals surface area contributed by atoms with Gasteiger partial charge in [-0.25, -0.2) is 8.42 Å². The summed E-state index contributed by atoms with van der Waals surface area (Å²) in [6.07, 6.45) is -0.0205. The van der Waals surface area contributed by atoms with Crippen molar-refractivity contribution in [2.45, 2.75) is 38.9 Å². The fraction of sp³-hybridized carbons (Fsp3) is 0.600. The van der Waals surface area contributed by atoms with Gasteiger partial charge in [0.05, 0.1) is 11.9 Å². The van der Waals surface area contributed by atoms with Crippen molar-refractivity contribution < 1.29 is 23.0 Å². The third kappa shape index (κ3) is 4.11. The fourth-order valence-corrected chi connectivity index (χ4v) is 2.94. The van der Waals surface area contributed by atoms with Gasteiger partial charge in [-0.05, 0) is 26.0 Å². The van der Waals surface area contributed by atoms with Crippen LogP contribution in [0.15, 0.2) is 18.2 Å². The third-order valence-corrected chi connectivity index (χ3v) is 5.19. The topological polar surface area (TPSA) is 72.8 Å². The van der Waals surface area contributed by atoms with Crippen molar-refractivity contribution in [1.82, 2.24) is 0 Å². The molecule has 6 heteroatoms. The van der Waals surface area contributed by atoms with E-state index in [0.29, 0.717) is 17.9 Å². The Kier molecular flexibility index (Phi) is 4.49. The molecule has 1 atom stereocenters. The average molecular weight is 314 g/mol. The summed E-state index contributed by atoms with van der Waals surface area (Å²) in [5, 5.41) is 10.1. The third-order valence-electron chi connectivity index (χ3n) is 3.52. The SMILES string of the molecule is CCS(=O)(=O)CCOc1ccc2c(c1)OC(C)(C)CC2O. The Hall–Kier alpha value is -1.27. The molecule has 1 aromatic rings. The Labute approximate surface area is 125 Å². The molecule has 1 aliphatic heterocycles. The first-order chi connectivity index (χ1) is 9.72. The number of rotatable bonds is 5. The van der Waals surface area contributed by atoms with E-state index in [4.69, 9.17) is 9.47 Å². The van der Waals surface area contributed by atoms with Crippen LogP contribution in [0.5, 0.6) is 11.5 Å². The molecule has 0 radical (unpaired) electrons. The molecular weight excluding hydrogens is 292 g/mol. The van der Waals surface area contributed by atoms with Crippen LogP contribution in [0, 0.1) is 0 Å². The van der Waals surface area contributed by atoms with Crippen molar-refractivity contribution in [3.63, 3.8) is 0 Å². The molecule has 0 amide bonds. The number of sulfone groups is 1. The number of aliphatic hydroxyl groups is 1. The summed E-state index contributed by atoms with van der Waals surface area (Å²) < 4.78 is 34.1. The van der Waals surface area contributed by atoms with Gasteiger partial charge in [-0.1, -0.05) is 6.92 Å². The lowest BCUT2D eigenvalue weighted by Crippen LogP contribution is -2.34. The minimum atomic E-state index is -3.03. The van der Waals surface area contributed by atoms with Gasteiger partial charge in [-0.2, -0.15) is 0 Å². The van der Waals surface area contributed by atoms with Crippen molar-refractivity contribution in [3.8, 4) is 11.5 Å². The van der Waals surface area contributed by atoms with E-state index in [2.05, 4.69) is 0 Å². The molecule has 1 heterocycles. The highest BCUT2D eigenvalue weighted by Crippen LogP contribution is 2.40. The molecule has 2 rings (SSSR count). The Morgan fingerprint density at radius 2 is 2.14 bits per heavy atom. The van der Waals surface area contributed by atoms with Crippen LogP contribution in [0.1, 0.15) is 38.9 Å². The minimum Gasteiger partial charge on any atom is -0.492 e. The first-order valence-electron chi connectivity index (χ1n) is 7.07. The van der Waals surface area contributed by atoms with E-state index in [9.17, 15) is 13.5 Å². The molecule has 0 saturated carbocycles. The first kappa shape index (κ1) is 16.1. The van der Waals surface area contributed by atoms with Crippen molar-refractivity contribution in [2.24, 2.45) is 0 Å². The second-order valence-electron chi connectivity index (χ2n) is 5.87. The number of fused-ring (bicyclic) bond motifs is 1. The molecule has 1 aromatic carbocycles. The van der Waals surface area contributed by atoms with Gasteiger partial charge < -0.3 is 14.6 Å². The van der Waals surface area contributed by atoms with E-state index in [1.165, 1.54) is 0 Å². The van der Waals surface area contributed by atoms with Crippen molar-refractivity contribution in [1.29, 1.82) is 0 Å². The highest BCUT2D eigenvalue weighted by Gasteiger charge is 2.32. The zero-order valence-corrected chi connectivity index (χ0v) is 13.4. The molecule has 5 nitrogen and oxygen atoms in total. The van der Waals surface area contributed by atoms with E-state index in [1.54, 1.807) is 25.1 Å². The summed E-state index contributed by atoms with van der Waals surface area (Å²) in [5.74, 6) is 1.25. The second-order valence-corrected chi connectivity index (χ2v) is 8.34. The van der Waals surface area contributed by atoms with Gasteiger partial charge in [0, 0.05) is 23.8 Å².